The molecule has 1 aliphatic carbocycles. The van der Waals surface area contributed by atoms with Crippen molar-refractivity contribution >= 4 is 23.5 Å². The number of fused-ring (bicyclic) bond motifs is 2. The molecule has 0 aromatic heterocycles. The Kier molecular flexibility index (Phi) is 6.80. The van der Waals surface area contributed by atoms with Crippen LogP contribution in [0.1, 0.15) is 53.7 Å². The van der Waals surface area contributed by atoms with Crippen LogP contribution in [0, 0.1) is 23.1 Å². The van der Waals surface area contributed by atoms with Gasteiger partial charge in [0.1, 0.15) is 11.6 Å². The summed E-state index contributed by atoms with van der Waals surface area (Å²) < 4.78 is 20.3. The minimum absolute atomic E-state index is 0.0902. The van der Waals surface area contributed by atoms with Crippen molar-refractivity contribution < 1.29 is 28.6 Å². The maximum atomic E-state index is 14.7. The zero-order chi connectivity index (χ0) is 26.0. The molecule has 2 aromatic rings. The largest absolute Gasteiger partial charge is 0.493 e. The van der Waals surface area contributed by atoms with E-state index < -0.39 is 29.0 Å². The summed E-state index contributed by atoms with van der Waals surface area (Å²) in [5.41, 5.74) is 1.42. The molecule has 2 amide bonds. The summed E-state index contributed by atoms with van der Waals surface area (Å²) in [4.78, 5) is 36.7. The average Bonchev–Trinajstić information content (AvgIpc) is 3.53. The zero-order valence-electron chi connectivity index (χ0n) is 19.9. The van der Waals surface area contributed by atoms with Gasteiger partial charge in [-0.25, -0.2) is 9.18 Å². The number of hydrogen-bond donors (Lipinski definition) is 3. The number of rotatable bonds is 7. The van der Waals surface area contributed by atoms with E-state index in [1.807, 2.05) is 6.07 Å². The quantitative estimate of drug-likeness (QED) is 0.507. The molecule has 9 heteroatoms. The fraction of sp³-hybridized carbons (Fsp3) is 0.333. The molecule has 8 nitrogen and oxygen atoms in total. The first-order chi connectivity index (χ1) is 17.1. The summed E-state index contributed by atoms with van der Waals surface area (Å²) in [5.74, 6) is -2.65. The van der Waals surface area contributed by atoms with Crippen molar-refractivity contribution in [3.05, 3.63) is 70.6 Å². The number of ether oxygens (including phenoxy) is 1. The van der Waals surface area contributed by atoms with Gasteiger partial charge in [-0.05, 0) is 56.9 Å². The van der Waals surface area contributed by atoms with Crippen LogP contribution in [0.25, 0.3) is 0 Å². The van der Waals surface area contributed by atoms with E-state index in [0.29, 0.717) is 47.6 Å². The third kappa shape index (κ3) is 4.93. The van der Waals surface area contributed by atoms with Crippen LogP contribution in [0.5, 0.6) is 5.75 Å². The molecule has 36 heavy (non-hydrogen) atoms. The van der Waals surface area contributed by atoms with Crippen molar-refractivity contribution in [2.24, 2.45) is 5.92 Å². The predicted octanol–water partition coefficient (Wildman–Crippen LogP) is 3.70. The summed E-state index contributed by atoms with van der Waals surface area (Å²) in [6.45, 7) is 3.89. The Labute approximate surface area is 207 Å². The third-order valence-corrected chi connectivity index (χ3v) is 6.56. The van der Waals surface area contributed by atoms with Crippen LogP contribution in [-0.4, -0.2) is 35.5 Å². The summed E-state index contributed by atoms with van der Waals surface area (Å²) in [6, 6.07) is 9.41. The molecule has 0 bridgehead atoms. The summed E-state index contributed by atoms with van der Waals surface area (Å²) in [5, 5.41) is 23.7. The number of nitrogens with zero attached hydrogens (tertiary/aromatic N) is 1. The second-order valence-corrected chi connectivity index (χ2v) is 9.39. The smallest absolute Gasteiger partial charge is 0.327 e. The average molecular weight is 492 g/mol. The number of carboxylic acid groups (broad SMARTS) is 1. The number of halogens is 1. The van der Waals surface area contributed by atoms with Crippen LogP contribution in [-0.2, 0) is 21.4 Å². The molecular formula is C27H26FN3O5. The number of nitriles is 1. The number of anilines is 1. The number of carboxylic acids is 1. The molecule has 2 aliphatic rings. The van der Waals surface area contributed by atoms with Gasteiger partial charge in [-0.2, -0.15) is 5.26 Å². The number of allylic oxidation sites excluding steroid dienone is 1. The molecule has 1 heterocycles. The van der Waals surface area contributed by atoms with E-state index in [2.05, 4.69) is 10.6 Å². The van der Waals surface area contributed by atoms with E-state index >= 15 is 0 Å². The lowest BCUT2D eigenvalue weighted by atomic mass is 9.86. The molecule has 0 saturated heterocycles. The van der Waals surface area contributed by atoms with Crippen LogP contribution >= 0.6 is 0 Å². The van der Waals surface area contributed by atoms with Gasteiger partial charge in [0.15, 0.2) is 0 Å². The fourth-order valence-corrected chi connectivity index (χ4v) is 4.73. The highest BCUT2D eigenvalue weighted by molar-refractivity contribution is 5.98. The van der Waals surface area contributed by atoms with Crippen LogP contribution in [0.15, 0.2) is 42.5 Å². The number of hydrogen-bond acceptors (Lipinski definition) is 5. The van der Waals surface area contributed by atoms with Gasteiger partial charge in [-0.1, -0.05) is 12.1 Å². The topological polar surface area (TPSA) is 129 Å². The van der Waals surface area contributed by atoms with Crippen molar-refractivity contribution in [3.63, 3.8) is 0 Å². The molecule has 3 N–H and O–H groups in total. The Hall–Kier alpha value is -4.19. The van der Waals surface area contributed by atoms with E-state index in [1.54, 1.807) is 32.0 Å². The molecule has 4 rings (SSSR count). The fourth-order valence-electron chi connectivity index (χ4n) is 4.73. The normalized spacial score (nSPS) is 19.9. The standard InChI is InChI=1S/C27H26FN3O5/c1-15(2)30-25(34)18-11-19-23(12-21(18)28)36-9-8-27(19)13-20(27)26(35)31-22-10-16(14-29)6-7-17(22)4-3-5-24(32)33/h3,5-7,10-12,15,20H,4,8-9,13H2,1-2H3,(H,30,34)(H,31,35)(H,32,33)/t20-,27-/m0/s1. The van der Waals surface area contributed by atoms with Gasteiger partial charge in [0.05, 0.1) is 23.8 Å². The Morgan fingerprint density at radius 2 is 2.08 bits per heavy atom. The molecule has 1 fully saturated rings. The molecular weight excluding hydrogens is 465 g/mol. The number of carbonyl (C=O) groups is 3. The van der Waals surface area contributed by atoms with Crippen molar-refractivity contribution in [1.82, 2.24) is 5.32 Å². The van der Waals surface area contributed by atoms with Crippen LogP contribution in [0.4, 0.5) is 10.1 Å². The van der Waals surface area contributed by atoms with Gasteiger partial charge < -0.3 is 20.5 Å². The molecule has 0 radical (unpaired) electrons. The first-order valence-electron chi connectivity index (χ1n) is 11.7. The highest BCUT2D eigenvalue weighted by Crippen LogP contribution is 2.61. The van der Waals surface area contributed by atoms with Crippen molar-refractivity contribution in [3.8, 4) is 11.8 Å². The molecule has 2 atom stereocenters. The van der Waals surface area contributed by atoms with Gasteiger partial charge in [-0.3, -0.25) is 9.59 Å². The Balaban J connectivity index is 1.60. The Bertz CT molecular complexity index is 1310. The first kappa shape index (κ1) is 24.9. The monoisotopic (exact) mass is 491 g/mol. The first-order valence-corrected chi connectivity index (χ1v) is 11.7. The SMILES string of the molecule is CC(C)NC(=O)c1cc2c(cc1F)OCC[C@]21C[C@H]1C(=O)Nc1cc(C#N)ccc1CC=CC(=O)O. The Morgan fingerprint density at radius 1 is 1.31 bits per heavy atom. The van der Waals surface area contributed by atoms with Gasteiger partial charge in [0.2, 0.25) is 5.91 Å². The van der Waals surface area contributed by atoms with E-state index in [-0.39, 0.29) is 23.9 Å². The number of aliphatic carboxylic acids is 1. The molecule has 2 aromatic carbocycles. The van der Waals surface area contributed by atoms with Gasteiger partial charge in [0, 0.05) is 40.8 Å². The van der Waals surface area contributed by atoms with Crippen molar-refractivity contribution in [2.75, 3.05) is 11.9 Å². The summed E-state index contributed by atoms with van der Waals surface area (Å²) >= 11 is 0. The number of carbonyl (C=O) groups excluding carboxylic acids is 2. The lowest BCUT2D eigenvalue weighted by Crippen LogP contribution is -2.32. The highest BCUT2D eigenvalue weighted by atomic mass is 19.1. The number of amides is 2. The van der Waals surface area contributed by atoms with Crippen LogP contribution < -0.4 is 15.4 Å². The Morgan fingerprint density at radius 3 is 2.78 bits per heavy atom. The highest BCUT2D eigenvalue weighted by Gasteiger charge is 2.61. The van der Waals surface area contributed by atoms with E-state index in [4.69, 9.17) is 9.84 Å². The van der Waals surface area contributed by atoms with E-state index in [1.165, 1.54) is 18.2 Å². The summed E-state index contributed by atoms with van der Waals surface area (Å²) in [6.07, 6.45) is 3.79. The van der Waals surface area contributed by atoms with Crippen molar-refractivity contribution in [2.45, 2.75) is 44.6 Å². The molecule has 1 saturated carbocycles. The maximum Gasteiger partial charge on any atom is 0.327 e. The van der Waals surface area contributed by atoms with Crippen molar-refractivity contribution in [1.29, 1.82) is 5.26 Å². The zero-order valence-corrected chi connectivity index (χ0v) is 19.9. The molecule has 186 valence electrons. The minimum atomic E-state index is -1.08. The van der Waals surface area contributed by atoms with Crippen LogP contribution in [0.2, 0.25) is 0 Å². The van der Waals surface area contributed by atoms with E-state index in [9.17, 15) is 24.0 Å². The maximum absolute atomic E-state index is 14.7. The van der Waals surface area contributed by atoms with Crippen LogP contribution in [0.3, 0.4) is 0 Å². The predicted molar refractivity (Wildman–Crippen MR) is 129 cm³/mol. The summed E-state index contributed by atoms with van der Waals surface area (Å²) in [7, 11) is 0. The molecule has 1 spiro atoms. The van der Waals surface area contributed by atoms with Gasteiger partial charge >= 0.3 is 5.97 Å². The number of nitrogens with one attached hydrogen (secondary N) is 2. The molecule has 1 aliphatic heterocycles. The lowest BCUT2D eigenvalue weighted by Gasteiger charge is -2.28. The second-order valence-electron chi connectivity index (χ2n) is 9.39. The van der Waals surface area contributed by atoms with Gasteiger partial charge in [0.25, 0.3) is 5.91 Å². The lowest BCUT2D eigenvalue weighted by molar-refractivity contribution is -0.131. The number of benzene rings is 2. The van der Waals surface area contributed by atoms with Gasteiger partial charge in [-0.15, -0.1) is 0 Å². The minimum Gasteiger partial charge on any atom is -0.493 e. The third-order valence-electron chi connectivity index (χ3n) is 6.56. The van der Waals surface area contributed by atoms with E-state index in [0.717, 1.165) is 6.08 Å². The molecule has 0 unspecified atom stereocenters. The second kappa shape index (κ2) is 9.82.